The summed E-state index contributed by atoms with van der Waals surface area (Å²) < 4.78 is 21.9. The lowest BCUT2D eigenvalue weighted by molar-refractivity contribution is -0.205. The van der Waals surface area contributed by atoms with Crippen LogP contribution in [-0.2, 0) is 23.7 Å². The van der Waals surface area contributed by atoms with E-state index in [1.165, 1.54) is 0 Å². The number of rotatable bonds is 4. The van der Waals surface area contributed by atoms with Crippen LogP contribution in [0.25, 0.3) is 0 Å². The van der Waals surface area contributed by atoms with Crippen LogP contribution in [0.5, 0.6) is 0 Å². The molecule has 0 radical (unpaired) electrons. The second-order valence-corrected chi connectivity index (χ2v) is 4.88. The van der Waals surface area contributed by atoms with Crippen molar-refractivity contribution < 1.29 is 23.7 Å². The van der Waals surface area contributed by atoms with Crippen molar-refractivity contribution in [2.45, 2.75) is 64.3 Å². The summed E-state index contributed by atoms with van der Waals surface area (Å²) in [6.45, 7) is 5.98. The number of esters is 1. The molecule has 2 aliphatic heterocycles. The Morgan fingerprint density at radius 1 is 1.41 bits per heavy atom. The van der Waals surface area contributed by atoms with E-state index in [-0.39, 0.29) is 24.5 Å². The van der Waals surface area contributed by atoms with Crippen molar-refractivity contribution in [3.05, 3.63) is 0 Å². The predicted octanol–water partition coefficient (Wildman–Crippen LogP) is 1.60. The molecule has 0 N–H and O–H groups in total. The Hall–Kier alpha value is -0.650. The molecule has 0 aromatic rings. The zero-order chi connectivity index (χ0) is 12.5. The number of carbonyl (C=O) groups is 1. The number of hydrogen-bond donors (Lipinski definition) is 0. The summed E-state index contributed by atoms with van der Waals surface area (Å²) in [6, 6.07) is 0. The van der Waals surface area contributed by atoms with E-state index >= 15 is 0 Å². The van der Waals surface area contributed by atoms with Crippen LogP contribution in [-0.4, -0.2) is 36.9 Å². The van der Waals surface area contributed by atoms with E-state index in [4.69, 9.17) is 18.9 Å². The molecule has 98 valence electrons. The van der Waals surface area contributed by atoms with E-state index in [0.717, 1.165) is 6.42 Å². The van der Waals surface area contributed by atoms with E-state index in [2.05, 4.69) is 0 Å². The topological polar surface area (TPSA) is 54.0 Å². The van der Waals surface area contributed by atoms with Crippen molar-refractivity contribution in [1.82, 2.24) is 0 Å². The Labute approximate surface area is 101 Å². The van der Waals surface area contributed by atoms with Gasteiger partial charge in [0.25, 0.3) is 0 Å². The average molecular weight is 244 g/mol. The largest absolute Gasteiger partial charge is 0.466 e. The first-order chi connectivity index (χ1) is 8.00. The maximum Gasteiger partial charge on any atom is 0.305 e. The summed E-state index contributed by atoms with van der Waals surface area (Å²) in [7, 11) is 0. The second kappa shape index (κ2) is 4.92. The SMILES string of the molecule is CCOC(=O)CC[C@H]1C[C@H]2OC(C)(C)O[C@H]2O1. The van der Waals surface area contributed by atoms with Crippen molar-refractivity contribution in [2.75, 3.05) is 6.61 Å². The van der Waals surface area contributed by atoms with Gasteiger partial charge in [-0.25, -0.2) is 0 Å². The summed E-state index contributed by atoms with van der Waals surface area (Å²) >= 11 is 0. The van der Waals surface area contributed by atoms with Gasteiger partial charge in [0.2, 0.25) is 0 Å². The molecule has 0 saturated carbocycles. The third-order valence-corrected chi connectivity index (χ3v) is 2.94. The maximum atomic E-state index is 11.2. The molecule has 5 nitrogen and oxygen atoms in total. The molecule has 5 heteroatoms. The van der Waals surface area contributed by atoms with E-state index in [9.17, 15) is 4.79 Å². The molecule has 0 spiro atoms. The van der Waals surface area contributed by atoms with Crippen LogP contribution in [0.15, 0.2) is 0 Å². The minimum Gasteiger partial charge on any atom is -0.466 e. The number of hydrogen-bond acceptors (Lipinski definition) is 5. The van der Waals surface area contributed by atoms with Crippen molar-refractivity contribution in [3.63, 3.8) is 0 Å². The molecule has 2 saturated heterocycles. The van der Waals surface area contributed by atoms with Crippen LogP contribution >= 0.6 is 0 Å². The molecule has 2 fully saturated rings. The first kappa shape index (κ1) is 12.8. The van der Waals surface area contributed by atoms with Crippen LogP contribution < -0.4 is 0 Å². The van der Waals surface area contributed by atoms with Gasteiger partial charge in [0.05, 0.1) is 12.7 Å². The highest BCUT2D eigenvalue weighted by molar-refractivity contribution is 5.69. The maximum absolute atomic E-state index is 11.2. The fraction of sp³-hybridized carbons (Fsp3) is 0.917. The van der Waals surface area contributed by atoms with E-state index < -0.39 is 5.79 Å². The van der Waals surface area contributed by atoms with Crippen molar-refractivity contribution in [3.8, 4) is 0 Å². The van der Waals surface area contributed by atoms with E-state index in [1.54, 1.807) is 6.92 Å². The molecule has 2 heterocycles. The normalized spacial score (nSPS) is 34.6. The monoisotopic (exact) mass is 244 g/mol. The van der Waals surface area contributed by atoms with Crippen molar-refractivity contribution in [1.29, 1.82) is 0 Å². The summed E-state index contributed by atoms with van der Waals surface area (Å²) in [6.07, 6.45) is 1.59. The number of carbonyl (C=O) groups excluding carboxylic acids is 1. The third kappa shape index (κ3) is 3.18. The summed E-state index contributed by atoms with van der Waals surface area (Å²) in [5.74, 6) is -0.725. The van der Waals surface area contributed by atoms with Crippen molar-refractivity contribution in [2.24, 2.45) is 0 Å². The molecule has 3 atom stereocenters. The fourth-order valence-corrected chi connectivity index (χ4v) is 2.28. The lowest BCUT2D eigenvalue weighted by Crippen LogP contribution is -2.25. The van der Waals surface area contributed by atoms with Crippen LogP contribution in [0.1, 0.15) is 40.0 Å². The third-order valence-electron chi connectivity index (χ3n) is 2.94. The minimum atomic E-state index is -0.554. The molecule has 0 bridgehead atoms. The van der Waals surface area contributed by atoms with Crippen LogP contribution in [0.4, 0.5) is 0 Å². The Balaban J connectivity index is 1.72. The summed E-state index contributed by atoms with van der Waals surface area (Å²) in [5.41, 5.74) is 0. The van der Waals surface area contributed by atoms with Gasteiger partial charge in [0, 0.05) is 12.8 Å². The van der Waals surface area contributed by atoms with Gasteiger partial charge in [-0.3, -0.25) is 4.79 Å². The number of ether oxygens (including phenoxy) is 4. The molecule has 0 aromatic heterocycles. The van der Waals surface area contributed by atoms with Gasteiger partial charge >= 0.3 is 5.97 Å². The fourth-order valence-electron chi connectivity index (χ4n) is 2.28. The van der Waals surface area contributed by atoms with Crippen LogP contribution in [0.3, 0.4) is 0 Å². The Morgan fingerprint density at radius 2 is 2.18 bits per heavy atom. The lowest BCUT2D eigenvalue weighted by atomic mass is 10.1. The zero-order valence-electron chi connectivity index (χ0n) is 10.6. The highest BCUT2D eigenvalue weighted by Gasteiger charge is 2.48. The van der Waals surface area contributed by atoms with Gasteiger partial charge in [-0.15, -0.1) is 0 Å². The molecule has 0 aliphatic carbocycles. The van der Waals surface area contributed by atoms with E-state index in [0.29, 0.717) is 19.4 Å². The molecule has 17 heavy (non-hydrogen) atoms. The van der Waals surface area contributed by atoms with Gasteiger partial charge < -0.3 is 18.9 Å². The lowest BCUT2D eigenvalue weighted by Gasteiger charge is -2.20. The van der Waals surface area contributed by atoms with E-state index in [1.807, 2.05) is 13.8 Å². The highest BCUT2D eigenvalue weighted by Crippen LogP contribution is 2.38. The summed E-state index contributed by atoms with van der Waals surface area (Å²) in [4.78, 5) is 11.2. The Morgan fingerprint density at radius 3 is 2.82 bits per heavy atom. The smallest absolute Gasteiger partial charge is 0.305 e. The molecule has 2 aliphatic rings. The van der Waals surface area contributed by atoms with Gasteiger partial charge in [-0.2, -0.15) is 0 Å². The molecule has 0 amide bonds. The quantitative estimate of drug-likeness (QED) is 0.703. The molecule has 0 aromatic carbocycles. The Bertz CT molecular complexity index is 273. The molecular formula is C12H20O5. The van der Waals surface area contributed by atoms with Crippen LogP contribution in [0.2, 0.25) is 0 Å². The van der Waals surface area contributed by atoms with Gasteiger partial charge in [0.1, 0.15) is 6.10 Å². The van der Waals surface area contributed by atoms with Gasteiger partial charge in [0.15, 0.2) is 12.1 Å². The average Bonchev–Trinajstić information content (AvgIpc) is 2.68. The standard InChI is InChI=1S/C12H20O5/c1-4-14-10(13)6-5-8-7-9-11(15-8)17-12(2,3)16-9/h8-9,11H,4-7H2,1-3H3/t8-,9+,11+/m0/s1. The molecular weight excluding hydrogens is 224 g/mol. The van der Waals surface area contributed by atoms with Crippen molar-refractivity contribution >= 4 is 5.97 Å². The minimum absolute atomic E-state index is 0.00260. The van der Waals surface area contributed by atoms with Gasteiger partial charge in [-0.05, 0) is 27.2 Å². The summed E-state index contributed by atoms with van der Waals surface area (Å²) in [5, 5.41) is 0. The predicted molar refractivity (Wildman–Crippen MR) is 59.2 cm³/mol. The Kier molecular flexibility index (Phi) is 3.70. The number of fused-ring (bicyclic) bond motifs is 1. The molecule has 0 unspecified atom stereocenters. The van der Waals surface area contributed by atoms with Gasteiger partial charge in [-0.1, -0.05) is 0 Å². The molecule has 2 rings (SSSR count). The van der Waals surface area contributed by atoms with Crippen LogP contribution in [0, 0.1) is 0 Å². The first-order valence-corrected chi connectivity index (χ1v) is 6.17. The second-order valence-electron chi connectivity index (χ2n) is 4.88. The highest BCUT2D eigenvalue weighted by atomic mass is 16.8. The first-order valence-electron chi connectivity index (χ1n) is 6.17. The zero-order valence-corrected chi connectivity index (χ0v) is 10.6.